The third-order valence-corrected chi connectivity index (χ3v) is 8.20. The number of rotatable bonds is 12. The van der Waals surface area contributed by atoms with Gasteiger partial charge in [0, 0.05) is 43.0 Å². The first-order chi connectivity index (χ1) is 21.5. The molecule has 0 spiro atoms. The number of carboxylic acids is 2. The number of amides is 1. The van der Waals surface area contributed by atoms with Gasteiger partial charge in [-0.15, -0.1) is 0 Å². The lowest BCUT2D eigenvalue weighted by Crippen LogP contribution is -2.48. The van der Waals surface area contributed by atoms with Gasteiger partial charge in [0.1, 0.15) is 6.04 Å². The van der Waals surface area contributed by atoms with Crippen molar-refractivity contribution in [3.63, 3.8) is 0 Å². The molecule has 0 bridgehead atoms. The number of alkyl halides is 3. The maximum atomic E-state index is 13.0. The van der Waals surface area contributed by atoms with Crippen LogP contribution in [0.1, 0.15) is 33.5 Å². The molecule has 0 radical (unpaired) electrons. The molecule has 18 heteroatoms. The highest BCUT2D eigenvalue weighted by atomic mass is 32.2. The highest BCUT2D eigenvalue weighted by Gasteiger charge is 2.38. The van der Waals surface area contributed by atoms with Gasteiger partial charge in [-0.3, -0.25) is 14.3 Å². The highest BCUT2D eigenvalue weighted by Crippen LogP contribution is 2.22. The Morgan fingerprint density at radius 2 is 1.72 bits per heavy atom. The van der Waals surface area contributed by atoms with Gasteiger partial charge in [-0.25, -0.2) is 18.2 Å². The fraction of sp³-hybridized carbons (Fsp3) is 0.321. The molecule has 2 aromatic heterocycles. The molecule has 248 valence electrons. The van der Waals surface area contributed by atoms with Crippen LogP contribution >= 0.6 is 0 Å². The van der Waals surface area contributed by atoms with Crippen LogP contribution in [-0.4, -0.2) is 81.5 Å². The van der Waals surface area contributed by atoms with E-state index in [1.54, 1.807) is 62.8 Å². The van der Waals surface area contributed by atoms with Gasteiger partial charge in [0.25, 0.3) is 5.91 Å². The Balaban J connectivity index is 0.000000738. The second-order valence-electron chi connectivity index (χ2n) is 10.1. The zero-order valence-corrected chi connectivity index (χ0v) is 25.7. The van der Waals surface area contributed by atoms with Crippen molar-refractivity contribution in [1.29, 1.82) is 0 Å². The van der Waals surface area contributed by atoms with Crippen LogP contribution in [0.5, 0.6) is 0 Å². The van der Waals surface area contributed by atoms with Gasteiger partial charge in [-0.2, -0.15) is 23.0 Å². The van der Waals surface area contributed by atoms with Crippen molar-refractivity contribution in [3.8, 4) is 0 Å². The molecule has 1 atom stereocenters. The van der Waals surface area contributed by atoms with Crippen molar-refractivity contribution in [2.75, 3.05) is 18.4 Å². The Hall–Kier alpha value is -4.97. The van der Waals surface area contributed by atoms with E-state index in [0.717, 1.165) is 22.9 Å². The molecule has 1 amide bonds. The minimum atomic E-state index is -5.08. The van der Waals surface area contributed by atoms with Gasteiger partial charge >= 0.3 is 18.1 Å². The maximum Gasteiger partial charge on any atom is 0.490 e. The normalized spacial score (nSPS) is 12.2. The summed E-state index contributed by atoms with van der Waals surface area (Å²) in [5.74, 6) is -3.98. The number of aliphatic carboxylic acids is 2. The first kappa shape index (κ1) is 35.5. The number of aromatic nitrogens is 4. The summed E-state index contributed by atoms with van der Waals surface area (Å²) in [6.45, 7) is 6.08. The van der Waals surface area contributed by atoms with E-state index in [4.69, 9.17) is 9.90 Å². The van der Waals surface area contributed by atoms with Gasteiger partial charge in [-0.1, -0.05) is 17.7 Å². The molecule has 0 saturated heterocycles. The first-order valence-corrected chi connectivity index (χ1v) is 15.1. The predicted molar refractivity (Wildman–Crippen MR) is 160 cm³/mol. The van der Waals surface area contributed by atoms with Crippen molar-refractivity contribution in [3.05, 3.63) is 71.2 Å². The number of carbonyl (C=O) groups is 3. The topological polar surface area (TPSA) is 208 Å². The summed E-state index contributed by atoms with van der Waals surface area (Å²) < 4.78 is 61.8. The van der Waals surface area contributed by atoms with E-state index in [1.165, 1.54) is 0 Å². The Labute approximate surface area is 261 Å². The minimum Gasteiger partial charge on any atom is -0.480 e. The number of halogens is 3. The van der Waals surface area contributed by atoms with Crippen molar-refractivity contribution in [1.82, 2.24) is 29.8 Å². The molecule has 46 heavy (non-hydrogen) atoms. The summed E-state index contributed by atoms with van der Waals surface area (Å²) in [5, 5.41) is 27.6. The number of sulfonamides is 1. The standard InChI is InChI=1S/C26H31N7O5S.C2HF3O2/c1-16-11-17(2)23(18(3)12-16)39(37,38)32-21(25(35)36)15-30-24(34)19-5-6-22-20(13-19)14-31-33(22)10-4-7-27-26-28-8-9-29-26;3-2(4,5)1(6)7/h5-6,8-9,11-14,21,32H,4,7,10,15H2,1-3H3,(H,30,34)(H,35,36)(H2,27,28,29);(H,6,7). The number of nitrogens with one attached hydrogen (secondary N) is 4. The molecule has 4 aromatic rings. The molecule has 0 fully saturated rings. The lowest BCUT2D eigenvalue weighted by molar-refractivity contribution is -0.192. The summed E-state index contributed by atoms with van der Waals surface area (Å²) in [6.07, 6.45) is 0.787. The van der Waals surface area contributed by atoms with E-state index in [1.807, 2.05) is 11.6 Å². The van der Waals surface area contributed by atoms with Crippen LogP contribution in [0.15, 0.2) is 53.8 Å². The van der Waals surface area contributed by atoms with E-state index in [9.17, 15) is 36.3 Å². The quantitative estimate of drug-likeness (QED) is 0.122. The molecule has 0 aliphatic carbocycles. The fourth-order valence-electron chi connectivity index (χ4n) is 4.52. The predicted octanol–water partition coefficient (Wildman–Crippen LogP) is 2.98. The van der Waals surface area contributed by atoms with Crippen molar-refractivity contribution in [2.45, 2.75) is 50.9 Å². The van der Waals surface area contributed by atoms with Crippen LogP contribution in [0.3, 0.4) is 0 Å². The van der Waals surface area contributed by atoms with E-state index < -0.39 is 46.6 Å². The molecule has 0 aliphatic heterocycles. The third kappa shape index (κ3) is 9.51. The average Bonchev–Trinajstić information content (AvgIpc) is 3.62. The van der Waals surface area contributed by atoms with Crippen LogP contribution in [0, 0.1) is 20.8 Å². The number of carboxylic acid groups (broad SMARTS) is 2. The summed E-state index contributed by atoms with van der Waals surface area (Å²) in [6, 6.07) is 6.94. The summed E-state index contributed by atoms with van der Waals surface area (Å²) in [5.41, 5.74) is 3.07. The zero-order valence-electron chi connectivity index (χ0n) is 24.8. The highest BCUT2D eigenvalue weighted by molar-refractivity contribution is 7.89. The lowest BCUT2D eigenvalue weighted by atomic mass is 10.1. The second kappa shape index (κ2) is 14.9. The monoisotopic (exact) mass is 667 g/mol. The molecule has 14 nitrogen and oxygen atoms in total. The van der Waals surface area contributed by atoms with Gasteiger partial charge in [0.05, 0.1) is 16.6 Å². The van der Waals surface area contributed by atoms with E-state index in [0.29, 0.717) is 35.7 Å². The summed E-state index contributed by atoms with van der Waals surface area (Å²) in [7, 11) is -4.15. The fourth-order valence-corrected chi connectivity index (χ4v) is 6.16. The Kier molecular flexibility index (Phi) is 11.5. The molecule has 0 saturated carbocycles. The number of H-pyrrole nitrogens is 1. The largest absolute Gasteiger partial charge is 0.490 e. The first-order valence-electron chi connectivity index (χ1n) is 13.6. The van der Waals surface area contributed by atoms with Crippen LogP contribution in [0.2, 0.25) is 0 Å². The van der Waals surface area contributed by atoms with Crippen LogP contribution in [0.25, 0.3) is 10.9 Å². The number of nitrogens with zero attached hydrogens (tertiary/aromatic N) is 3. The van der Waals surface area contributed by atoms with E-state index in [-0.39, 0.29) is 4.90 Å². The number of benzene rings is 2. The number of aryl methyl sites for hydroxylation is 4. The number of anilines is 1. The molecular formula is C28H32F3N7O7S. The number of hydrogen-bond acceptors (Lipinski definition) is 8. The minimum absolute atomic E-state index is 0.0323. The van der Waals surface area contributed by atoms with Crippen molar-refractivity contribution >= 4 is 44.7 Å². The summed E-state index contributed by atoms with van der Waals surface area (Å²) in [4.78, 5) is 40.7. The molecular weight excluding hydrogens is 635 g/mol. The van der Waals surface area contributed by atoms with E-state index in [2.05, 4.69) is 30.4 Å². The number of carbonyl (C=O) groups excluding carboxylic acids is 1. The third-order valence-electron chi connectivity index (χ3n) is 6.42. The van der Waals surface area contributed by atoms with Crippen molar-refractivity contribution < 1.29 is 46.2 Å². The van der Waals surface area contributed by atoms with Gasteiger partial charge in [0.15, 0.2) is 5.95 Å². The molecule has 6 N–H and O–H groups in total. The average molecular weight is 668 g/mol. The number of fused-ring (bicyclic) bond motifs is 1. The van der Waals surface area contributed by atoms with Gasteiger partial charge in [-0.05, 0) is 56.5 Å². The Morgan fingerprint density at radius 1 is 1.07 bits per heavy atom. The number of hydrogen-bond donors (Lipinski definition) is 6. The SMILES string of the molecule is Cc1cc(C)c(S(=O)(=O)NC(CNC(=O)c2ccc3c(cnn3CCCNc3ncc[nH]3)c2)C(=O)O)c(C)c1.O=C(O)C(F)(F)F. The van der Waals surface area contributed by atoms with E-state index >= 15 is 0 Å². The van der Waals surface area contributed by atoms with Crippen LogP contribution in [-0.2, 0) is 26.2 Å². The van der Waals surface area contributed by atoms with Gasteiger partial charge < -0.3 is 25.8 Å². The van der Waals surface area contributed by atoms with Gasteiger partial charge in [0.2, 0.25) is 10.0 Å². The zero-order chi connectivity index (χ0) is 34.2. The molecule has 1 unspecified atom stereocenters. The number of imidazole rings is 1. The summed E-state index contributed by atoms with van der Waals surface area (Å²) >= 11 is 0. The second-order valence-corrected chi connectivity index (χ2v) is 11.8. The Bertz CT molecular complexity index is 1780. The smallest absolute Gasteiger partial charge is 0.480 e. The lowest BCUT2D eigenvalue weighted by Gasteiger charge is -2.18. The van der Waals surface area contributed by atoms with Crippen LogP contribution in [0.4, 0.5) is 19.1 Å². The van der Waals surface area contributed by atoms with Crippen LogP contribution < -0.4 is 15.4 Å². The molecule has 2 aromatic carbocycles. The molecule has 2 heterocycles. The molecule has 0 aliphatic rings. The Morgan fingerprint density at radius 3 is 2.28 bits per heavy atom. The maximum absolute atomic E-state index is 13.0. The molecule has 4 rings (SSSR count). The van der Waals surface area contributed by atoms with Crippen molar-refractivity contribution in [2.24, 2.45) is 0 Å². The number of aromatic amines is 1.